The molecule has 27 heavy (non-hydrogen) atoms. The third kappa shape index (κ3) is 6.43. The molecule has 2 aliphatic rings. The zero-order valence-electron chi connectivity index (χ0n) is 16.8. The standard InChI is InChI=1S/C20H32N4O3/c1-16-14-21-19(22-15-16)24-10-7-17(8-11-24)23-26-13-9-20(2,3)27-18-6-4-5-12-25-18/h14-15,18H,4-13H2,1-3H3. The second-order valence-corrected chi connectivity index (χ2v) is 7.96. The largest absolute Gasteiger partial charge is 0.396 e. The van der Waals surface area contributed by atoms with Gasteiger partial charge in [-0.2, -0.15) is 0 Å². The highest BCUT2D eigenvalue weighted by Crippen LogP contribution is 2.23. The molecule has 7 heteroatoms. The highest BCUT2D eigenvalue weighted by Gasteiger charge is 2.26. The smallest absolute Gasteiger partial charge is 0.225 e. The summed E-state index contributed by atoms with van der Waals surface area (Å²) >= 11 is 0. The summed E-state index contributed by atoms with van der Waals surface area (Å²) in [6.45, 7) is 9.26. The topological polar surface area (TPSA) is 69.1 Å². The first-order chi connectivity index (χ1) is 13.0. The highest BCUT2D eigenvalue weighted by molar-refractivity contribution is 5.86. The number of hydrogen-bond donors (Lipinski definition) is 0. The summed E-state index contributed by atoms with van der Waals surface area (Å²) in [5.41, 5.74) is 1.91. The number of piperidine rings is 1. The lowest BCUT2D eigenvalue weighted by atomic mass is 10.1. The molecule has 1 aromatic rings. The van der Waals surface area contributed by atoms with Crippen LogP contribution in [0.3, 0.4) is 0 Å². The van der Waals surface area contributed by atoms with Crippen molar-refractivity contribution in [2.45, 2.75) is 71.2 Å². The van der Waals surface area contributed by atoms with E-state index < -0.39 is 0 Å². The second-order valence-electron chi connectivity index (χ2n) is 7.96. The summed E-state index contributed by atoms with van der Waals surface area (Å²) in [6.07, 6.45) is 9.48. The molecule has 1 atom stereocenters. The lowest BCUT2D eigenvalue weighted by molar-refractivity contribution is -0.219. The first-order valence-electron chi connectivity index (χ1n) is 10.0. The van der Waals surface area contributed by atoms with Crippen LogP contribution in [0.5, 0.6) is 0 Å². The van der Waals surface area contributed by atoms with Crippen LogP contribution in [0.1, 0.15) is 57.9 Å². The zero-order chi connectivity index (χ0) is 19.1. The van der Waals surface area contributed by atoms with Crippen molar-refractivity contribution in [2.24, 2.45) is 5.16 Å². The lowest BCUT2D eigenvalue weighted by Crippen LogP contribution is -2.35. The molecule has 0 aromatic carbocycles. The summed E-state index contributed by atoms with van der Waals surface area (Å²) in [6, 6.07) is 0. The van der Waals surface area contributed by atoms with E-state index in [9.17, 15) is 0 Å². The maximum absolute atomic E-state index is 6.07. The maximum Gasteiger partial charge on any atom is 0.225 e. The molecule has 2 fully saturated rings. The Hall–Kier alpha value is -1.73. The first-order valence-corrected chi connectivity index (χ1v) is 10.0. The van der Waals surface area contributed by atoms with Crippen molar-refractivity contribution >= 4 is 11.7 Å². The normalized spacial score (nSPS) is 21.2. The van der Waals surface area contributed by atoms with Gasteiger partial charge in [-0.05, 0) is 45.6 Å². The Bertz CT molecular complexity index is 602. The van der Waals surface area contributed by atoms with E-state index in [0.29, 0.717) is 6.61 Å². The number of aryl methyl sites for hydroxylation is 1. The minimum Gasteiger partial charge on any atom is -0.396 e. The van der Waals surface area contributed by atoms with Crippen molar-refractivity contribution < 1.29 is 14.3 Å². The molecule has 0 aliphatic carbocycles. The molecule has 0 spiro atoms. The van der Waals surface area contributed by atoms with E-state index in [1.54, 1.807) is 0 Å². The van der Waals surface area contributed by atoms with Crippen molar-refractivity contribution in [3.8, 4) is 0 Å². The van der Waals surface area contributed by atoms with Gasteiger partial charge < -0.3 is 19.2 Å². The Kier molecular flexibility index (Phi) is 7.01. The SMILES string of the molecule is Cc1cnc(N2CCC(=NOCCC(C)(C)OC3CCCCO3)CC2)nc1. The van der Waals surface area contributed by atoms with Crippen LogP contribution in [0.15, 0.2) is 17.5 Å². The van der Waals surface area contributed by atoms with Gasteiger partial charge in [0.15, 0.2) is 6.29 Å². The maximum atomic E-state index is 6.07. The molecule has 0 bridgehead atoms. The van der Waals surface area contributed by atoms with E-state index in [2.05, 4.69) is 33.9 Å². The van der Waals surface area contributed by atoms with Gasteiger partial charge >= 0.3 is 0 Å². The number of ether oxygens (including phenoxy) is 2. The Morgan fingerprint density at radius 3 is 2.63 bits per heavy atom. The molecular weight excluding hydrogens is 344 g/mol. The summed E-state index contributed by atoms with van der Waals surface area (Å²) in [7, 11) is 0. The molecule has 3 heterocycles. The number of hydrogen-bond acceptors (Lipinski definition) is 7. The van der Waals surface area contributed by atoms with E-state index in [4.69, 9.17) is 14.3 Å². The molecule has 0 saturated carbocycles. The number of rotatable bonds is 7. The van der Waals surface area contributed by atoms with Gasteiger partial charge in [-0.25, -0.2) is 9.97 Å². The van der Waals surface area contributed by atoms with Crippen molar-refractivity contribution in [1.29, 1.82) is 0 Å². The summed E-state index contributed by atoms with van der Waals surface area (Å²) in [5.74, 6) is 0.796. The highest BCUT2D eigenvalue weighted by atomic mass is 16.7. The molecular formula is C20H32N4O3. The van der Waals surface area contributed by atoms with Crippen LogP contribution in [-0.2, 0) is 14.3 Å². The molecule has 7 nitrogen and oxygen atoms in total. The third-order valence-electron chi connectivity index (χ3n) is 4.97. The van der Waals surface area contributed by atoms with Crippen LogP contribution in [0, 0.1) is 6.92 Å². The Labute approximate surface area is 162 Å². The van der Waals surface area contributed by atoms with E-state index in [1.807, 2.05) is 19.3 Å². The van der Waals surface area contributed by atoms with Crippen LogP contribution in [0.4, 0.5) is 5.95 Å². The molecule has 1 aromatic heterocycles. The van der Waals surface area contributed by atoms with Crippen LogP contribution < -0.4 is 4.90 Å². The number of oxime groups is 1. The Morgan fingerprint density at radius 1 is 1.22 bits per heavy atom. The Morgan fingerprint density at radius 2 is 1.96 bits per heavy atom. The van der Waals surface area contributed by atoms with Gasteiger partial charge in [0.1, 0.15) is 6.61 Å². The fourth-order valence-electron chi connectivity index (χ4n) is 3.25. The molecule has 2 saturated heterocycles. The molecule has 0 radical (unpaired) electrons. The molecule has 0 amide bonds. The van der Waals surface area contributed by atoms with Crippen molar-refractivity contribution in [3.05, 3.63) is 18.0 Å². The van der Waals surface area contributed by atoms with E-state index in [1.165, 1.54) is 6.42 Å². The van der Waals surface area contributed by atoms with E-state index >= 15 is 0 Å². The third-order valence-corrected chi connectivity index (χ3v) is 4.97. The summed E-state index contributed by atoms with van der Waals surface area (Å²) in [4.78, 5) is 16.6. The number of anilines is 1. The number of nitrogens with zero attached hydrogens (tertiary/aromatic N) is 4. The Balaban J connectivity index is 1.36. The quantitative estimate of drug-likeness (QED) is 0.536. The van der Waals surface area contributed by atoms with Gasteiger partial charge in [-0.15, -0.1) is 0 Å². The molecule has 1 unspecified atom stereocenters. The molecule has 3 rings (SSSR count). The van der Waals surface area contributed by atoms with Gasteiger partial charge in [-0.3, -0.25) is 0 Å². The van der Waals surface area contributed by atoms with Crippen LogP contribution in [0.25, 0.3) is 0 Å². The van der Waals surface area contributed by atoms with Gasteiger partial charge in [0.05, 0.1) is 11.3 Å². The number of aromatic nitrogens is 2. The van der Waals surface area contributed by atoms with Crippen molar-refractivity contribution in [2.75, 3.05) is 31.2 Å². The van der Waals surface area contributed by atoms with Gasteiger partial charge in [0.2, 0.25) is 5.95 Å². The summed E-state index contributed by atoms with van der Waals surface area (Å²) < 4.78 is 11.7. The average molecular weight is 377 g/mol. The van der Waals surface area contributed by atoms with Crippen LogP contribution in [0.2, 0.25) is 0 Å². The fraction of sp³-hybridized carbons (Fsp3) is 0.750. The van der Waals surface area contributed by atoms with E-state index in [0.717, 1.165) is 69.0 Å². The summed E-state index contributed by atoms with van der Waals surface area (Å²) in [5, 5.41) is 4.34. The fourth-order valence-corrected chi connectivity index (χ4v) is 3.25. The average Bonchev–Trinajstić information content (AvgIpc) is 2.67. The van der Waals surface area contributed by atoms with Crippen molar-refractivity contribution in [1.82, 2.24) is 9.97 Å². The van der Waals surface area contributed by atoms with Gasteiger partial charge in [-0.1, -0.05) is 5.16 Å². The first kappa shape index (κ1) is 20.0. The molecule has 150 valence electrons. The molecule has 2 aliphatic heterocycles. The monoisotopic (exact) mass is 376 g/mol. The zero-order valence-corrected chi connectivity index (χ0v) is 16.8. The minimum absolute atomic E-state index is 0.0756. The second kappa shape index (κ2) is 9.46. The van der Waals surface area contributed by atoms with Crippen molar-refractivity contribution in [3.63, 3.8) is 0 Å². The molecule has 0 N–H and O–H groups in total. The van der Waals surface area contributed by atoms with Crippen LogP contribution in [-0.4, -0.2) is 53.9 Å². The lowest BCUT2D eigenvalue weighted by Gasteiger charge is -2.32. The van der Waals surface area contributed by atoms with Gasteiger partial charge in [0.25, 0.3) is 0 Å². The van der Waals surface area contributed by atoms with Gasteiger partial charge in [0, 0.05) is 51.4 Å². The van der Waals surface area contributed by atoms with Crippen LogP contribution >= 0.6 is 0 Å². The van der Waals surface area contributed by atoms with E-state index in [-0.39, 0.29) is 11.9 Å². The minimum atomic E-state index is -0.270. The predicted octanol–water partition coefficient (Wildman–Crippen LogP) is 3.47. The predicted molar refractivity (Wildman–Crippen MR) is 105 cm³/mol.